The molecule has 0 radical (unpaired) electrons. The first-order valence-electron chi connectivity index (χ1n) is 6.56. The maximum Gasteiger partial charge on any atom is 0.407 e. The fraction of sp³-hybridized carbons (Fsp3) is 0.429. The zero-order chi connectivity index (χ0) is 15.7. The number of aliphatic hydroxyl groups is 1. The van der Waals surface area contributed by atoms with Gasteiger partial charge >= 0.3 is 12.1 Å². The number of nitrogens with zero attached hydrogens (tertiary/aromatic N) is 1. The number of nitrogens with one attached hydrogen (secondary N) is 2. The van der Waals surface area contributed by atoms with Crippen molar-refractivity contribution in [3.63, 3.8) is 0 Å². The molecule has 21 heavy (non-hydrogen) atoms. The molecular weight excluding hydrogens is 274 g/mol. The molecule has 1 rings (SSSR count). The van der Waals surface area contributed by atoms with E-state index in [2.05, 4.69) is 10.6 Å². The lowest BCUT2D eigenvalue weighted by Crippen LogP contribution is -2.47. The summed E-state index contributed by atoms with van der Waals surface area (Å²) in [5.41, 5.74) is 0.870. The van der Waals surface area contributed by atoms with Crippen LogP contribution in [-0.4, -0.2) is 55.4 Å². The zero-order valence-electron chi connectivity index (χ0n) is 12.2. The normalized spacial score (nSPS) is 11.4. The highest BCUT2D eigenvalue weighted by atomic mass is 16.5. The number of urea groups is 1. The summed E-state index contributed by atoms with van der Waals surface area (Å²) in [4.78, 5) is 24.3. The number of carbonyl (C=O) groups is 2. The Kier molecular flexibility index (Phi) is 7.03. The molecule has 0 unspecified atom stereocenters. The second-order valence-electron chi connectivity index (χ2n) is 4.67. The first kappa shape index (κ1) is 16.8. The Bertz CT molecular complexity index is 451. The van der Waals surface area contributed by atoms with Crippen LogP contribution >= 0.6 is 0 Å². The predicted molar refractivity (Wildman–Crippen MR) is 77.7 cm³/mol. The van der Waals surface area contributed by atoms with Crippen LogP contribution in [0.4, 0.5) is 9.59 Å². The summed E-state index contributed by atoms with van der Waals surface area (Å²) in [6.45, 7) is -0.0308. The van der Waals surface area contributed by atoms with Crippen molar-refractivity contribution in [3.05, 3.63) is 35.9 Å². The van der Waals surface area contributed by atoms with Crippen LogP contribution in [0.1, 0.15) is 5.56 Å². The molecule has 7 nitrogen and oxygen atoms in total. The maximum absolute atomic E-state index is 11.6. The number of rotatable bonds is 6. The van der Waals surface area contributed by atoms with Gasteiger partial charge in [-0.3, -0.25) is 0 Å². The van der Waals surface area contributed by atoms with E-state index in [4.69, 9.17) is 4.74 Å². The van der Waals surface area contributed by atoms with Gasteiger partial charge in [-0.25, -0.2) is 9.59 Å². The second-order valence-corrected chi connectivity index (χ2v) is 4.67. The minimum absolute atomic E-state index is 0.119. The van der Waals surface area contributed by atoms with Gasteiger partial charge in [0.25, 0.3) is 0 Å². The Balaban J connectivity index is 2.32. The van der Waals surface area contributed by atoms with Crippen LogP contribution in [-0.2, 0) is 11.3 Å². The molecule has 1 atom stereocenters. The van der Waals surface area contributed by atoms with Gasteiger partial charge in [-0.2, -0.15) is 0 Å². The summed E-state index contributed by atoms with van der Waals surface area (Å²) in [7, 11) is 3.20. The number of amides is 3. The van der Waals surface area contributed by atoms with Gasteiger partial charge in [0.1, 0.15) is 6.61 Å². The van der Waals surface area contributed by atoms with Gasteiger partial charge in [0.2, 0.25) is 0 Å². The van der Waals surface area contributed by atoms with Crippen molar-refractivity contribution < 1.29 is 19.4 Å². The number of ether oxygens (including phenoxy) is 1. The largest absolute Gasteiger partial charge is 0.445 e. The van der Waals surface area contributed by atoms with Gasteiger partial charge in [-0.15, -0.1) is 0 Å². The van der Waals surface area contributed by atoms with E-state index in [1.165, 1.54) is 4.90 Å². The van der Waals surface area contributed by atoms with E-state index in [-0.39, 0.29) is 25.8 Å². The Morgan fingerprint density at radius 2 is 1.95 bits per heavy atom. The minimum atomic E-state index is -0.642. The van der Waals surface area contributed by atoms with Gasteiger partial charge in [-0.05, 0) is 5.56 Å². The van der Waals surface area contributed by atoms with Crippen LogP contribution in [0, 0.1) is 0 Å². The summed E-state index contributed by atoms with van der Waals surface area (Å²) in [5.74, 6) is 0. The number of alkyl carbamates (subject to hydrolysis) is 1. The van der Waals surface area contributed by atoms with Crippen molar-refractivity contribution in [2.75, 3.05) is 27.2 Å². The van der Waals surface area contributed by atoms with Crippen molar-refractivity contribution in [3.8, 4) is 0 Å². The quantitative estimate of drug-likeness (QED) is 0.714. The third kappa shape index (κ3) is 6.62. The topological polar surface area (TPSA) is 90.9 Å². The van der Waals surface area contributed by atoms with Crippen LogP contribution < -0.4 is 10.6 Å². The third-order valence-corrected chi connectivity index (χ3v) is 2.66. The summed E-state index contributed by atoms with van der Waals surface area (Å²) in [6.07, 6.45) is -0.642. The molecule has 0 heterocycles. The summed E-state index contributed by atoms with van der Waals surface area (Å²) in [5, 5.41) is 14.2. The smallest absolute Gasteiger partial charge is 0.407 e. The lowest BCUT2D eigenvalue weighted by molar-refractivity contribution is 0.128. The van der Waals surface area contributed by atoms with Crippen LogP contribution in [0.2, 0.25) is 0 Å². The fourth-order valence-corrected chi connectivity index (χ4v) is 1.46. The molecule has 0 bridgehead atoms. The minimum Gasteiger partial charge on any atom is -0.445 e. The lowest BCUT2D eigenvalue weighted by Gasteiger charge is -2.18. The van der Waals surface area contributed by atoms with Gasteiger partial charge in [0.05, 0.1) is 12.6 Å². The zero-order valence-corrected chi connectivity index (χ0v) is 12.2. The number of hydrogen-bond donors (Lipinski definition) is 3. The van der Waals surface area contributed by atoms with Crippen molar-refractivity contribution in [1.29, 1.82) is 0 Å². The molecule has 3 N–H and O–H groups in total. The molecule has 3 amide bonds. The standard InChI is InChI=1S/C14H21N3O4/c1-17(2)13(19)15-8-12(9-18)16-14(20)21-10-11-6-4-3-5-7-11/h3-7,12,18H,8-10H2,1-2H3,(H,15,19)(H,16,20)/t12-/m0/s1. The Morgan fingerprint density at radius 1 is 1.29 bits per heavy atom. The molecular formula is C14H21N3O4. The van der Waals surface area contributed by atoms with Crippen molar-refractivity contribution in [2.45, 2.75) is 12.6 Å². The molecule has 0 aliphatic rings. The highest BCUT2D eigenvalue weighted by Crippen LogP contribution is 2.00. The van der Waals surface area contributed by atoms with E-state index in [0.29, 0.717) is 0 Å². The van der Waals surface area contributed by atoms with E-state index in [0.717, 1.165) is 5.56 Å². The number of benzene rings is 1. The van der Waals surface area contributed by atoms with E-state index in [1.807, 2.05) is 30.3 Å². The van der Waals surface area contributed by atoms with Gasteiger partial charge in [-0.1, -0.05) is 30.3 Å². The van der Waals surface area contributed by atoms with Crippen LogP contribution in [0.15, 0.2) is 30.3 Å². The SMILES string of the molecule is CN(C)C(=O)NC[C@@H](CO)NC(=O)OCc1ccccc1. The molecule has 0 aliphatic heterocycles. The molecule has 0 aromatic heterocycles. The first-order valence-corrected chi connectivity index (χ1v) is 6.56. The number of carbonyl (C=O) groups excluding carboxylic acids is 2. The molecule has 7 heteroatoms. The van der Waals surface area contributed by atoms with E-state index < -0.39 is 12.1 Å². The van der Waals surface area contributed by atoms with E-state index >= 15 is 0 Å². The molecule has 116 valence electrons. The van der Waals surface area contributed by atoms with Crippen LogP contribution in [0.25, 0.3) is 0 Å². The summed E-state index contributed by atoms with van der Waals surface area (Å²) < 4.78 is 5.03. The van der Waals surface area contributed by atoms with Gasteiger partial charge in [0.15, 0.2) is 0 Å². The Hall–Kier alpha value is -2.28. The number of hydrogen-bond acceptors (Lipinski definition) is 4. The van der Waals surface area contributed by atoms with Crippen molar-refractivity contribution in [2.24, 2.45) is 0 Å². The molecule has 1 aromatic rings. The molecule has 0 aliphatic carbocycles. The highest BCUT2D eigenvalue weighted by Gasteiger charge is 2.14. The number of aliphatic hydroxyl groups excluding tert-OH is 1. The molecule has 0 fully saturated rings. The first-order chi connectivity index (χ1) is 10.0. The van der Waals surface area contributed by atoms with Gasteiger partial charge in [0, 0.05) is 20.6 Å². The molecule has 0 saturated carbocycles. The van der Waals surface area contributed by atoms with Crippen LogP contribution in [0.3, 0.4) is 0 Å². The highest BCUT2D eigenvalue weighted by molar-refractivity contribution is 5.73. The fourth-order valence-electron chi connectivity index (χ4n) is 1.46. The van der Waals surface area contributed by atoms with Crippen LogP contribution in [0.5, 0.6) is 0 Å². The van der Waals surface area contributed by atoms with Crippen molar-refractivity contribution >= 4 is 12.1 Å². The average Bonchev–Trinajstić information content (AvgIpc) is 2.49. The average molecular weight is 295 g/mol. The maximum atomic E-state index is 11.6. The molecule has 1 aromatic carbocycles. The van der Waals surface area contributed by atoms with E-state index in [9.17, 15) is 14.7 Å². The Labute approximate surface area is 123 Å². The third-order valence-electron chi connectivity index (χ3n) is 2.66. The monoisotopic (exact) mass is 295 g/mol. The molecule has 0 saturated heterocycles. The predicted octanol–water partition coefficient (Wildman–Crippen LogP) is 0.545. The lowest BCUT2D eigenvalue weighted by atomic mass is 10.2. The second kappa shape index (κ2) is 8.80. The van der Waals surface area contributed by atoms with E-state index in [1.54, 1.807) is 14.1 Å². The Morgan fingerprint density at radius 3 is 2.52 bits per heavy atom. The molecule has 0 spiro atoms. The summed E-state index contributed by atoms with van der Waals surface area (Å²) >= 11 is 0. The van der Waals surface area contributed by atoms with Crippen molar-refractivity contribution in [1.82, 2.24) is 15.5 Å². The van der Waals surface area contributed by atoms with Gasteiger partial charge < -0.3 is 25.4 Å². The summed E-state index contributed by atoms with van der Waals surface area (Å²) in [6, 6.07) is 8.36.